The SMILES string of the molecule is CCC(=O)N1CC[C@@H]2[C@H]1c1cc(-c3ccc(F)cc3)ccc1N[C@@H]2CO. The lowest BCUT2D eigenvalue weighted by molar-refractivity contribution is -0.132. The maximum atomic E-state index is 13.2. The highest BCUT2D eigenvalue weighted by atomic mass is 19.1. The third-order valence-electron chi connectivity index (χ3n) is 5.67. The molecule has 0 saturated carbocycles. The predicted octanol–water partition coefficient (Wildman–Crippen LogP) is 3.58. The molecule has 2 heterocycles. The number of fused-ring (bicyclic) bond motifs is 3. The summed E-state index contributed by atoms with van der Waals surface area (Å²) in [6.45, 7) is 2.66. The molecule has 0 unspecified atom stereocenters. The van der Waals surface area contributed by atoms with Crippen LogP contribution in [0, 0.1) is 11.7 Å². The summed E-state index contributed by atoms with van der Waals surface area (Å²) in [5.74, 6) is 0.0930. The number of hydrogen-bond acceptors (Lipinski definition) is 3. The predicted molar refractivity (Wildman–Crippen MR) is 99.2 cm³/mol. The van der Waals surface area contributed by atoms with Crippen molar-refractivity contribution in [3.8, 4) is 11.1 Å². The standard InChI is InChI=1S/C21H23FN2O2/c1-2-20(26)24-10-9-16-19(12-25)23-18-8-5-14(11-17(18)21(16)24)13-3-6-15(22)7-4-13/h3-8,11,16,19,21,23,25H,2,9-10,12H2,1H3/t16-,19+,21-/m0/s1. The average Bonchev–Trinajstić information content (AvgIpc) is 3.12. The second kappa shape index (κ2) is 6.72. The van der Waals surface area contributed by atoms with E-state index in [1.165, 1.54) is 12.1 Å². The zero-order valence-corrected chi connectivity index (χ0v) is 14.8. The van der Waals surface area contributed by atoms with Crippen LogP contribution in [0.4, 0.5) is 10.1 Å². The van der Waals surface area contributed by atoms with Crippen molar-refractivity contribution in [1.82, 2.24) is 4.90 Å². The number of hydrogen-bond donors (Lipinski definition) is 2. The van der Waals surface area contributed by atoms with E-state index in [0.717, 1.165) is 35.3 Å². The molecule has 5 heteroatoms. The first-order valence-corrected chi connectivity index (χ1v) is 9.19. The van der Waals surface area contributed by atoms with Crippen LogP contribution in [0.1, 0.15) is 31.4 Å². The van der Waals surface area contributed by atoms with Gasteiger partial charge in [-0.15, -0.1) is 0 Å². The minimum Gasteiger partial charge on any atom is -0.394 e. The Bertz CT molecular complexity index is 821. The summed E-state index contributed by atoms with van der Waals surface area (Å²) in [7, 11) is 0. The van der Waals surface area contributed by atoms with Gasteiger partial charge in [-0.1, -0.05) is 25.1 Å². The van der Waals surface area contributed by atoms with Gasteiger partial charge in [0, 0.05) is 24.6 Å². The lowest BCUT2D eigenvalue weighted by atomic mass is 9.82. The van der Waals surface area contributed by atoms with Gasteiger partial charge in [-0.2, -0.15) is 0 Å². The van der Waals surface area contributed by atoms with Crippen molar-refractivity contribution >= 4 is 11.6 Å². The Labute approximate surface area is 152 Å². The van der Waals surface area contributed by atoms with Gasteiger partial charge in [0.15, 0.2) is 0 Å². The number of aliphatic hydroxyl groups excluding tert-OH is 1. The average molecular weight is 354 g/mol. The van der Waals surface area contributed by atoms with E-state index in [0.29, 0.717) is 6.42 Å². The first-order valence-electron chi connectivity index (χ1n) is 9.19. The van der Waals surface area contributed by atoms with E-state index >= 15 is 0 Å². The molecule has 0 bridgehead atoms. The van der Waals surface area contributed by atoms with Gasteiger partial charge in [-0.25, -0.2) is 4.39 Å². The van der Waals surface area contributed by atoms with Crippen molar-refractivity contribution in [2.75, 3.05) is 18.5 Å². The number of halogens is 1. The minimum absolute atomic E-state index is 0.0174. The van der Waals surface area contributed by atoms with Gasteiger partial charge >= 0.3 is 0 Å². The number of aliphatic hydroxyl groups is 1. The molecule has 26 heavy (non-hydrogen) atoms. The fourth-order valence-corrected chi connectivity index (χ4v) is 4.37. The van der Waals surface area contributed by atoms with Gasteiger partial charge in [-0.3, -0.25) is 4.79 Å². The first-order chi connectivity index (χ1) is 12.6. The van der Waals surface area contributed by atoms with Gasteiger partial charge in [0.1, 0.15) is 5.82 Å². The molecule has 4 rings (SSSR count). The molecular weight excluding hydrogens is 331 g/mol. The molecule has 1 amide bonds. The quantitative estimate of drug-likeness (QED) is 0.886. The van der Waals surface area contributed by atoms with Gasteiger partial charge in [0.25, 0.3) is 0 Å². The molecule has 0 radical (unpaired) electrons. The maximum Gasteiger partial charge on any atom is 0.222 e. The summed E-state index contributed by atoms with van der Waals surface area (Å²) in [6, 6.07) is 12.5. The number of anilines is 1. The lowest BCUT2D eigenvalue weighted by Crippen LogP contribution is -2.42. The summed E-state index contributed by atoms with van der Waals surface area (Å²) in [4.78, 5) is 14.4. The topological polar surface area (TPSA) is 52.6 Å². The van der Waals surface area contributed by atoms with E-state index in [1.54, 1.807) is 12.1 Å². The largest absolute Gasteiger partial charge is 0.394 e. The fourth-order valence-electron chi connectivity index (χ4n) is 4.37. The number of rotatable bonds is 3. The van der Waals surface area contributed by atoms with Gasteiger partial charge in [0.2, 0.25) is 5.91 Å². The molecule has 0 spiro atoms. The van der Waals surface area contributed by atoms with E-state index < -0.39 is 0 Å². The molecule has 2 aromatic carbocycles. The lowest BCUT2D eigenvalue weighted by Gasteiger charge is -2.39. The second-order valence-electron chi connectivity index (χ2n) is 7.08. The zero-order chi connectivity index (χ0) is 18.3. The fraction of sp³-hybridized carbons (Fsp3) is 0.381. The van der Waals surface area contributed by atoms with Crippen LogP contribution >= 0.6 is 0 Å². The van der Waals surface area contributed by atoms with E-state index in [4.69, 9.17) is 0 Å². The number of likely N-dealkylation sites (tertiary alicyclic amines) is 1. The highest BCUT2D eigenvalue weighted by molar-refractivity contribution is 5.78. The third kappa shape index (κ3) is 2.76. The molecule has 2 aliphatic rings. The summed E-state index contributed by atoms with van der Waals surface area (Å²) in [6.07, 6.45) is 1.36. The molecule has 2 aliphatic heterocycles. The smallest absolute Gasteiger partial charge is 0.222 e. The molecule has 2 N–H and O–H groups in total. The van der Waals surface area contributed by atoms with Crippen LogP contribution in [-0.2, 0) is 4.79 Å². The molecule has 4 nitrogen and oxygen atoms in total. The Morgan fingerprint density at radius 1 is 1.23 bits per heavy atom. The Kier molecular flexibility index (Phi) is 4.41. The summed E-state index contributed by atoms with van der Waals surface area (Å²) in [5, 5.41) is 13.2. The molecule has 0 aliphatic carbocycles. The molecule has 3 atom stereocenters. The Morgan fingerprint density at radius 3 is 2.65 bits per heavy atom. The number of carbonyl (C=O) groups excluding carboxylic acids is 1. The van der Waals surface area contributed by atoms with Crippen molar-refractivity contribution in [3.63, 3.8) is 0 Å². The van der Waals surface area contributed by atoms with Gasteiger partial charge < -0.3 is 15.3 Å². The van der Waals surface area contributed by atoms with Gasteiger partial charge in [-0.05, 0) is 47.4 Å². The third-order valence-corrected chi connectivity index (χ3v) is 5.67. The Morgan fingerprint density at radius 2 is 1.96 bits per heavy atom. The van der Waals surface area contributed by atoms with Crippen LogP contribution in [0.5, 0.6) is 0 Å². The van der Waals surface area contributed by atoms with Crippen LogP contribution < -0.4 is 5.32 Å². The van der Waals surface area contributed by atoms with Crippen LogP contribution in [0.15, 0.2) is 42.5 Å². The van der Waals surface area contributed by atoms with Crippen LogP contribution in [0.25, 0.3) is 11.1 Å². The van der Waals surface area contributed by atoms with E-state index in [9.17, 15) is 14.3 Å². The van der Waals surface area contributed by atoms with Crippen LogP contribution in [0.2, 0.25) is 0 Å². The van der Waals surface area contributed by atoms with E-state index in [-0.39, 0.29) is 36.3 Å². The molecular formula is C21H23FN2O2. The molecule has 0 aromatic heterocycles. The maximum absolute atomic E-state index is 13.2. The van der Waals surface area contributed by atoms with E-state index in [2.05, 4.69) is 11.4 Å². The van der Waals surface area contributed by atoms with Crippen LogP contribution in [-0.4, -0.2) is 35.1 Å². The van der Waals surface area contributed by atoms with Crippen molar-refractivity contribution in [2.24, 2.45) is 5.92 Å². The van der Waals surface area contributed by atoms with E-state index in [1.807, 2.05) is 24.0 Å². The summed E-state index contributed by atoms with van der Waals surface area (Å²) in [5.41, 5.74) is 4.00. The Balaban J connectivity index is 1.78. The minimum atomic E-state index is -0.255. The van der Waals surface area contributed by atoms with Crippen molar-refractivity contribution in [1.29, 1.82) is 0 Å². The van der Waals surface area contributed by atoms with Gasteiger partial charge in [0.05, 0.1) is 18.7 Å². The zero-order valence-electron chi connectivity index (χ0n) is 14.8. The number of nitrogens with one attached hydrogen (secondary N) is 1. The van der Waals surface area contributed by atoms with Crippen molar-refractivity contribution < 1.29 is 14.3 Å². The first kappa shape index (κ1) is 17.0. The summed E-state index contributed by atoms with van der Waals surface area (Å²) >= 11 is 0. The molecule has 1 saturated heterocycles. The molecule has 136 valence electrons. The van der Waals surface area contributed by atoms with Crippen molar-refractivity contribution in [2.45, 2.75) is 31.8 Å². The van der Waals surface area contributed by atoms with Crippen LogP contribution in [0.3, 0.4) is 0 Å². The summed E-state index contributed by atoms with van der Waals surface area (Å²) < 4.78 is 13.2. The normalized spacial score (nSPS) is 24.0. The number of amides is 1. The highest BCUT2D eigenvalue weighted by Gasteiger charge is 2.45. The number of benzene rings is 2. The second-order valence-corrected chi connectivity index (χ2v) is 7.08. The monoisotopic (exact) mass is 354 g/mol. The van der Waals surface area contributed by atoms with Crippen molar-refractivity contribution in [3.05, 3.63) is 53.8 Å². The molecule has 2 aromatic rings. The number of carbonyl (C=O) groups is 1. The molecule has 1 fully saturated rings. The highest BCUT2D eigenvalue weighted by Crippen LogP contribution is 2.47. The Hall–Kier alpha value is -2.40. The number of nitrogens with zero attached hydrogens (tertiary/aromatic N) is 1.